The molecule has 1 rings (SSSR count). The Hall–Kier alpha value is -0.260. The van der Waals surface area contributed by atoms with Crippen molar-refractivity contribution in [3.05, 3.63) is 12.2 Å². The van der Waals surface area contributed by atoms with Crippen LogP contribution in [0.1, 0.15) is 34.1 Å². The topological polar surface area (TPSA) is 0 Å². The highest BCUT2D eigenvalue weighted by Crippen LogP contribution is 2.63. The fourth-order valence-electron chi connectivity index (χ4n) is 2.06. The van der Waals surface area contributed by atoms with Crippen LogP contribution in [0.5, 0.6) is 0 Å². The molecule has 10 heavy (non-hydrogen) atoms. The van der Waals surface area contributed by atoms with Crippen LogP contribution in [-0.2, 0) is 0 Å². The van der Waals surface area contributed by atoms with Crippen LogP contribution in [0, 0.1) is 17.3 Å². The summed E-state index contributed by atoms with van der Waals surface area (Å²) in [6.07, 6.45) is 1.27. The van der Waals surface area contributed by atoms with Crippen molar-refractivity contribution in [2.24, 2.45) is 17.3 Å². The van der Waals surface area contributed by atoms with Crippen molar-refractivity contribution in [3.63, 3.8) is 0 Å². The molecular weight excluding hydrogens is 120 g/mol. The number of hydrogen-bond donors (Lipinski definition) is 0. The molecule has 0 heterocycles. The zero-order chi connectivity index (χ0) is 7.94. The second kappa shape index (κ2) is 2.11. The van der Waals surface area contributed by atoms with Crippen LogP contribution in [0.15, 0.2) is 12.2 Å². The van der Waals surface area contributed by atoms with E-state index in [4.69, 9.17) is 0 Å². The zero-order valence-corrected chi connectivity index (χ0v) is 7.57. The zero-order valence-electron chi connectivity index (χ0n) is 7.57. The summed E-state index contributed by atoms with van der Waals surface area (Å²) in [6, 6.07) is 0. The quantitative estimate of drug-likeness (QED) is 0.514. The van der Waals surface area contributed by atoms with E-state index in [9.17, 15) is 0 Å². The van der Waals surface area contributed by atoms with E-state index >= 15 is 0 Å². The molecule has 0 amide bonds. The van der Waals surface area contributed by atoms with Gasteiger partial charge in [-0.1, -0.05) is 39.8 Å². The van der Waals surface area contributed by atoms with Crippen molar-refractivity contribution in [1.82, 2.24) is 0 Å². The average molecular weight is 138 g/mol. The molecule has 0 heteroatoms. The first-order chi connectivity index (χ1) is 4.55. The van der Waals surface area contributed by atoms with Gasteiger partial charge in [0.25, 0.3) is 0 Å². The van der Waals surface area contributed by atoms with Crippen LogP contribution in [0.4, 0.5) is 0 Å². The highest BCUT2D eigenvalue weighted by atomic mass is 14.6. The Morgan fingerprint density at radius 1 is 1.60 bits per heavy atom. The van der Waals surface area contributed by atoms with Gasteiger partial charge in [-0.2, -0.15) is 0 Å². The van der Waals surface area contributed by atoms with Gasteiger partial charge in [-0.25, -0.2) is 0 Å². The van der Waals surface area contributed by atoms with Crippen LogP contribution in [0.3, 0.4) is 0 Å². The summed E-state index contributed by atoms with van der Waals surface area (Å²) < 4.78 is 0. The van der Waals surface area contributed by atoms with Crippen molar-refractivity contribution < 1.29 is 0 Å². The normalized spacial score (nSPS) is 38.9. The largest absolute Gasteiger partial charge is 0.0990 e. The monoisotopic (exact) mass is 138 g/mol. The van der Waals surface area contributed by atoms with Crippen LogP contribution < -0.4 is 0 Å². The molecule has 58 valence electrons. The predicted molar refractivity (Wildman–Crippen MR) is 45.9 cm³/mol. The van der Waals surface area contributed by atoms with Crippen LogP contribution >= 0.6 is 0 Å². The fourth-order valence-corrected chi connectivity index (χ4v) is 2.06. The van der Waals surface area contributed by atoms with Gasteiger partial charge in [-0.15, -0.1) is 0 Å². The Kier molecular flexibility index (Phi) is 1.66. The van der Waals surface area contributed by atoms with Crippen LogP contribution in [0.25, 0.3) is 0 Å². The van der Waals surface area contributed by atoms with E-state index in [-0.39, 0.29) is 0 Å². The minimum absolute atomic E-state index is 0.481. The maximum atomic E-state index is 4.09. The van der Waals surface area contributed by atoms with Gasteiger partial charge in [0, 0.05) is 0 Å². The van der Waals surface area contributed by atoms with Gasteiger partial charge < -0.3 is 0 Å². The molecule has 0 aromatic rings. The van der Waals surface area contributed by atoms with Crippen molar-refractivity contribution >= 4 is 0 Å². The van der Waals surface area contributed by atoms with E-state index in [0.717, 1.165) is 11.8 Å². The molecule has 0 radical (unpaired) electrons. The van der Waals surface area contributed by atoms with Gasteiger partial charge in [0.15, 0.2) is 0 Å². The summed E-state index contributed by atoms with van der Waals surface area (Å²) in [5.74, 6) is 1.58. The Bertz CT molecular complexity index is 155. The minimum atomic E-state index is 0.481. The molecule has 1 aliphatic rings. The van der Waals surface area contributed by atoms with Gasteiger partial charge in [0.1, 0.15) is 0 Å². The Labute approximate surface area is 64.3 Å². The van der Waals surface area contributed by atoms with E-state index in [1.54, 1.807) is 0 Å². The van der Waals surface area contributed by atoms with Crippen LogP contribution in [-0.4, -0.2) is 0 Å². The molecule has 0 N–H and O–H groups in total. The second-order valence-electron chi connectivity index (χ2n) is 3.92. The lowest BCUT2D eigenvalue weighted by Gasteiger charge is -2.13. The van der Waals surface area contributed by atoms with Gasteiger partial charge in [0.05, 0.1) is 0 Å². The van der Waals surface area contributed by atoms with Gasteiger partial charge in [0.2, 0.25) is 0 Å². The molecule has 1 fully saturated rings. The third-order valence-electron chi connectivity index (χ3n) is 3.36. The molecule has 0 aliphatic heterocycles. The first-order valence-electron chi connectivity index (χ1n) is 4.24. The average Bonchev–Trinajstić information content (AvgIpc) is 2.38. The first kappa shape index (κ1) is 7.84. The summed E-state index contributed by atoms with van der Waals surface area (Å²) in [5, 5.41) is 0. The molecule has 1 aliphatic carbocycles. The lowest BCUT2D eigenvalue weighted by Crippen LogP contribution is -2.06. The highest BCUT2D eigenvalue weighted by Gasteiger charge is 2.54. The Morgan fingerprint density at radius 2 is 2.10 bits per heavy atom. The fraction of sp³-hybridized carbons (Fsp3) is 0.800. The molecule has 0 bridgehead atoms. The van der Waals surface area contributed by atoms with Gasteiger partial charge in [-0.3, -0.25) is 0 Å². The lowest BCUT2D eigenvalue weighted by molar-refractivity contribution is 0.363. The lowest BCUT2D eigenvalue weighted by atomic mass is 9.91. The Balaban J connectivity index is 2.67. The Morgan fingerprint density at radius 3 is 2.20 bits per heavy atom. The highest BCUT2D eigenvalue weighted by molar-refractivity contribution is 5.34. The molecule has 0 aromatic heterocycles. The van der Waals surface area contributed by atoms with E-state index in [2.05, 4.69) is 34.3 Å². The predicted octanol–water partition coefficient (Wildman–Crippen LogP) is 3.24. The van der Waals surface area contributed by atoms with E-state index in [1.807, 2.05) is 0 Å². The summed E-state index contributed by atoms with van der Waals surface area (Å²) >= 11 is 0. The maximum Gasteiger partial charge on any atom is -0.00276 e. The van der Waals surface area contributed by atoms with E-state index < -0.39 is 0 Å². The molecule has 0 spiro atoms. The number of rotatable bonds is 2. The third-order valence-corrected chi connectivity index (χ3v) is 3.36. The number of allylic oxidation sites excluding steroid dienone is 1. The van der Waals surface area contributed by atoms with Crippen molar-refractivity contribution in [2.75, 3.05) is 0 Å². The summed E-state index contributed by atoms with van der Waals surface area (Å²) in [6.45, 7) is 13.3. The molecule has 2 unspecified atom stereocenters. The van der Waals surface area contributed by atoms with Crippen molar-refractivity contribution in [2.45, 2.75) is 34.1 Å². The standard InChI is InChI=1S/C10H18/c1-6-9-8(4)10(9,5)7(2)3/h7,9H,4,6H2,1-3,5H3. The summed E-state index contributed by atoms with van der Waals surface area (Å²) in [4.78, 5) is 0. The molecular formula is C10H18. The second-order valence-corrected chi connectivity index (χ2v) is 3.92. The molecule has 0 aromatic carbocycles. The van der Waals surface area contributed by atoms with Crippen molar-refractivity contribution in [3.8, 4) is 0 Å². The van der Waals surface area contributed by atoms with Gasteiger partial charge >= 0.3 is 0 Å². The molecule has 2 atom stereocenters. The van der Waals surface area contributed by atoms with E-state index in [0.29, 0.717) is 5.41 Å². The first-order valence-corrected chi connectivity index (χ1v) is 4.24. The molecule has 1 saturated carbocycles. The maximum absolute atomic E-state index is 4.09. The molecule has 0 nitrogen and oxygen atoms in total. The number of hydrogen-bond acceptors (Lipinski definition) is 0. The SMILES string of the molecule is C=C1C(CC)C1(C)C(C)C. The van der Waals surface area contributed by atoms with Crippen molar-refractivity contribution in [1.29, 1.82) is 0 Å². The van der Waals surface area contributed by atoms with E-state index in [1.165, 1.54) is 12.0 Å². The van der Waals surface area contributed by atoms with Gasteiger partial charge in [-0.05, 0) is 23.7 Å². The summed E-state index contributed by atoms with van der Waals surface area (Å²) in [7, 11) is 0. The summed E-state index contributed by atoms with van der Waals surface area (Å²) in [5.41, 5.74) is 1.96. The molecule has 0 saturated heterocycles. The van der Waals surface area contributed by atoms with Crippen LogP contribution in [0.2, 0.25) is 0 Å². The minimum Gasteiger partial charge on any atom is -0.0990 e. The third kappa shape index (κ3) is 0.744. The smallest absolute Gasteiger partial charge is 0.00276 e.